The molecule has 2 fully saturated rings. The molecule has 106 valence electrons. The maximum atomic E-state index is 10.8. The molecule has 0 bridgehead atoms. The minimum atomic E-state index is -0.451. The van der Waals surface area contributed by atoms with Crippen molar-refractivity contribution in [2.75, 3.05) is 6.54 Å². The summed E-state index contributed by atoms with van der Waals surface area (Å²) in [4.78, 5) is 0. The van der Waals surface area contributed by atoms with Crippen LogP contribution < -0.4 is 5.32 Å². The van der Waals surface area contributed by atoms with Crippen LogP contribution >= 0.6 is 24.0 Å². The molecule has 2 aliphatic rings. The lowest BCUT2D eigenvalue weighted by Crippen LogP contribution is -2.53. The number of nitrogens with one attached hydrogen (secondary N) is 1. The summed E-state index contributed by atoms with van der Waals surface area (Å²) < 4.78 is 0. The van der Waals surface area contributed by atoms with E-state index in [1.54, 1.807) is 0 Å². The summed E-state index contributed by atoms with van der Waals surface area (Å²) in [5.74, 6) is 0.348. The van der Waals surface area contributed by atoms with Gasteiger partial charge in [-0.1, -0.05) is 36.6 Å². The number of hydrogen-bond acceptors (Lipinski definition) is 2. The highest BCUT2D eigenvalue weighted by Gasteiger charge is 2.45. The molecule has 0 amide bonds. The summed E-state index contributed by atoms with van der Waals surface area (Å²) in [6.45, 7) is 0.903. The minimum absolute atomic E-state index is 0. The van der Waals surface area contributed by atoms with Gasteiger partial charge < -0.3 is 10.4 Å². The Hall–Kier alpha value is -0.280. The van der Waals surface area contributed by atoms with Gasteiger partial charge in [0.25, 0.3) is 0 Å². The van der Waals surface area contributed by atoms with E-state index >= 15 is 0 Å². The summed E-state index contributed by atoms with van der Waals surface area (Å²) in [5, 5.41) is 15.2. The molecule has 0 aromatic heterocycles. The largest absolute Gasteiger partial charge is 0.389 e. The lowest BCUT2D eigenvalue weighted by atomic mass is 9.67. The molecule has 1 heterocycles. The number of piperidine rings is 1. The van der Waals surface area contributed by atoms with E-state index in [4.69, 9.17) is 11.6 Å². The number of aliphatic hydroxyl groups is 1. The van der Waals surface area contributed by atoms with E-state index in [1.165, 1.54) is 18.4 Å². The van der Waals surface area contributed by atoms with E-state index in [0.717, 1.165) is 30.8 Å². The quantitative estimate of drug-likeness (QED) is 0.828. The molecule has 1 aliphatic heterocycles. The normalized spacial score (nSPS) is 34.2. The zero-order valence-corrected chi connectivity index (χ0v) is 12.5. The van der Waals surface area contributed by atoms with Crippen molar-refractivity contribution in [3.05, 3.63) is 34.9 Å². The Balaban J connectivity index is 0.00000133. The van der Waals surface area contributed by atoms with Crippen LogP contribution in [0, 0.1) is 5.92 Å². The zero-order valence-electron chi connectivity index (χ0n) is 10.9. The summed E-state index contributed by atoms with van der Waals surface area (Å²) in [7, 11) is 0. The Morgan fingerprint density at radius 1 is 1.16 bits per heavy atom. The Morgan fingerprint density at radius 2 is 1.89 bits per heavy atom. The third kappa shape index (κ3) is 2.92. The highest BCUT2D eigenvalue weighted by atomic mass is 35.5. The van der Waals surface area contributed by atoms with Gasteiger partial charge in [-0.15, -0.1) is 12.4 Å². The van der Waals surface area contributed by atoms with Crippen LogP contribution in [0.1, 0.15) is 43.7 Å². The first-order chi connectivity index (χ1) is 8.69. The fourth-order valence-corrected chi connectivity index (χ4v) is 3.77. The molecule has 3 atom stereocenters. The average Bonchev–Trinajstić information content (AvgIpc) is 2.38. The van der Waals surface area contributed by atoms with Crippen LogP contribution in [0.2, 0.25) is 5.02 Å². The zero-order chi connectivity index (χ0) is 12.6. The smallest absolute Gasteiger partial charge is 0.0706 e. The fourth-order valence-electron chi connectivity index (χ4n) is 3.64. The van der Waals surface area contributed by atoms with E-state index in [0.29, 0.717) is 5.92 Å². The molecule has 2 N–H and O–H groups in total. The van der Waals surface area contributed by atoms with Crippen LogP contribution in [0.5, 0.6) is 0 Å². The van der Waals surface area contributed by atoms with Gasteiger partial charge >= 0.3 is 0 Å². The van der Waals surface area contributed by atoms with Gasteiger partial charge in [0.2, 0.25) is 0 Å². The number of rotatable bonds is 1. The van der Waals surface area contributed by atoms with E-state index in [1.807, 2.05) is 12.1 Å². The molecule has 1 saturated heterocycles. The second-order valence-corrected chi connectivity index (χ2v) is 6.13. The molecule has 4 heteroatoms. The van der Waals surface area contributed by atoms with Crippen LogP contribution in [-0.4, -0.2) is 17.3 Å². The van der Waals surface area contributed by atoms with Gasteiger partial charge in [0.05, 0.1) is 5.60 Å². The second-order valence-electron chi connectivity index (χ2n) is 5.69. The van der Waals surface area contributed by atoms with Gasteiger partial charge in [-0.25, -0.2) is 0 Å². The molecule has 2 nitrogen and oxygen atoms in total. The molecule has 3 rings (SSSR count). The highest BCUT2D eigenvalue weighted by molar-refractivity contribution is 6.30. The standard InChI is InChI=1S/C15H20ClNO.ClH/c16-12-6-4-11(5-7-12)14-13-3-1-2-8-15(13,18)9-10-17-14;/h4-7,13-14,17-18H,1-3,8-10H2;1H/t13-,14-,15-;/m0./s1. The van der Waals surface area contributed by atoms with Crippen molar-refractivity contribution in [2.24, 2.45) is 5.92 Å². The monoisotopic (exact) mass is 301 g/mol. The van der Waals surface area contributed by atoms with E-state index in [9.17, 15) is 5.11 Å². The van der Waals surface area contributed by atoms with Crippen molar-refractivity contribution in [3.8, 4) is 0 Å². The molecule has 0 radical (unpaired) electrons. The second kappa shape index (κ2) is 6.01. The van der Waals surface area contributed by atoms with Crippen molar-refractivity contribution in [1.29, 1.82) is 0 Å². The van der Waals surface area contributed by atoms with Crippen LogP contribution in [0.25, 0.3) is 0 Å². The molecule has 0 unspecified atom stereocenters. The van der Waals surface area contributed by atoms with Crippen LogP contribution in [-0.2, 0) is 0 Å². The maximum Gasteiger partial charge on any atom is 0.0706 e. The summed E-state index contributed by atoms with van der Waals surface area (Å²) in [5.41, 5.74) is 0.804. The molecule has 1 aromatic carbocycles. The highest BCUT2D eigenvalue weighted by Crippen LogP contribution is 2.45. The molecular formula is C15H21Cl2NO. The van der Waals surface area contributed by atoms with Gasteiger partial charge in [0.1, 0.15) is 0 Å². The lowest BCUT2D eigenvalue weighted by molar-refractivity contribution is -0.0861. The number of halogens is 2. The number of hydrogen-bond donors (Lipinski definition) is 2. The third-order valence-corrected chi connectivity index (χ3v) is 4.87. The van der Waals surface area contributed by atoms with Gasteiger partial charge in [0.15, 0.2) is 0 Å². The summed E-state index contributed by atoms with van der Waals surface area (Å²) in [6, 6.07) is 8.33. The van der Waals surface area contributed by atoms with Crippen molar-refractivity contribution >= 4 is 24.0 Å². The molecule has 1 aromatic rings. The molecule has 0 spiro atoms. The van der Waals surface area contributed by atoms with E-state index < -0.39 is 5.60 Å². The topological polar surface area (TPSA) is 32.3 Å². The van der Waals surface area contributed by atoms with Crippen molar-refractivity contribution in [2.45, 2.75) is 43.7 Å². The van der Waals surface area contributed by atoms with E-state index in [-0.39, 0.29) is 18.4 Å². The predicted octanol–water partition coefficient (Wildman–Crippen LogP) is 3.72. The van der Waals surface area contributed by atoms with Gasteiger partial charge in [0, 0.05) is 17.0 Å². The van der Waals surface area contributed by atoms with Crippen molar-refractivity contribution in [1.82, 2.24) is 5.32 Å². The predicted molar refractivity (Wildman–Crippen MR) is 81.0 cm³/mol. The van der Waals surface area contributed by atoms with Crippen LogP contribution in [0.3, 0.4) is 0 Å². The maximum absolute atomic E-state index is 10.8. The van der Waals surface area contributed by atoms with Crippen LogP contribution in [0.15, 0.2) is 24.3 Å². The number of fused-ring (bicyclic) bond motifs is 1. The summed E-state index contributed by atoms with van der Waals surface area (Å²) in [6.07, 6.45) is 5.38. The molecule has 1 aliphatic carbocycles. The third-order valence-electron chi connectivity index (χ3n) is 4.62. The van der Waals surface area contributed by atoms with Gasteiger partial charge in [-0.2, -0.15) is 0 Å². The first-order valence-corrected chi connectivity index (χ1v) is 7.28. The lowest BCUT2D eigenvalue weighted by Gasteiger charge is -2.48. The van der Waals surface area contributed by atoms with Crippen molar-refractivity contribution in [3.63, 3.8) is 0 Å². The Kier molecular flexibility index (Phi) is 4.78. The Labute approximate surface area is 126 Å². The Morgan fingerprint density at radius 3 is 2.63 bits per heavy atom. The van der Waals surface area contributed by atoms with Crippen LogP contribution in [0.4, 0.5) is 0 Å². The molecule has 19 heavy (non-hydrogen) atoms. The molecular weight excluding hydrogens is 281 g/mol. The van der Waals surface area contributed by atoms with Gasteiger partial charge in [-0.3, -0.25) is 0 Å². The first-order valence-electron chi connectivity index (χ1n) is 6.90. The number of benzene rings is 1. The molecule has 1 saturated carbocycles. The Bertz CT molecular complexity index is 419. The average molecular weight is 302 g/mol. The minimum Gasteiger partial charge on any atom is -0.389 e. The van der Waals surface area contributed by atoms with Crippen molar-refractivity contribution < 1.29 is 5.11 Å². The fraction of sp³-hybridized carbons (Fsp3) is 0.600. The first kappa shape index (κ1) is 15.1. The summed E-state index contributed by atoms with van der Waals surface area (Å²) >= 11 is 5.95. The van der Waals surface area contributed by atoms with Gasteiger partial charge in [-0.05, 0) is 43.5 Å². The van der Waals surface area contributed by atoms with E-state index in [2.05, 4.69) is 17.4 Å². The SMILES string of the molecule is Cl.O[C@]12CCCC[C@H]1[C@H](c1ccc(Cl)cc1)NCC2.